The van der Waals surface area contributed by atoms with Crippen molar-refractivity contribution in [2.75, 3.05) is 17.2 Å². The molecule has 5 heteroatoms. The van der Waals surface area contributed by atoms with Gasteiger partial charge in [0.05, 0.1) is 5.02 Å². The molecule has 0 unspecified atom stereocenters. The highest BCUT2D eigenvalue weighted by Gasteiger charge is 2.07. The molecule has 0 aliphatic carbocycles. The van der Waals surface area contributed by atoms with E-state index < -0.39 is 5.82 Å². The zero-order valence-electron chi connectivity index (χ0n) is 10.9. The number of hydrogen-bond acceptors (Lipinski definition) is 2. The lowest BCUT2D eigenvalue weighted by Gasteiger charge is -2.07. The topological polar surface area (TPSA) is 41.1 Å². The van der Waals surface area contributed by atoms with Gasteiger partial charge < -0.3 is 10.6 Å². The fourth-order valence-corrected chi connectivity index (χ4v) is 1.90. The summed E-state index contributed by atoms with van der Waals surface area (Å²) < 4.78 is 13.0. The van der Waals surface area contributed by atoms with Crippen molar-refractivity contribution in [3.05, 3.63) is 58.9 Å². The maximum atomic E-state index is 13.0. The summed E-state index contributed by atoms with van der Waals surface area (Å²) in [5.74, 6) is -0.782. The lowest BCUT2D eigenvalue weighted by Crippen LogP contribution is -2.12. The van der Waals surface area contributed by atoms with Crippen LogP contribution < -0.4 is 10.6 Å². The van der Waals surface area contributed by atoms with E-state index in [2.05, 4.69) is 10.6 Å². The van der Waals surface area contributed by atoms with Crippen LogP contribution in [0.5, 0.6) is 0 Å². The van der Waals surface area contributed by atoms with Crippen LogP contribution in [0, 0.1) is 5.82 Å². The van der Waals surface area contributed by atoms with Crippen molar-refractivity contribution in [3.63, 3.8) is 0 Å². The van der Waals surface area contributed by atoms with Crippen LogP contribution in [0.4, 0.5) is 15.8 Å². The van der Waals surface area contributed by atoms with Gasteiger partial charge in [-0.1, -0.05) is 11.6 Å². The molecular weight excluding hydrogens is 279 g/mol. The summed E-state index contributed by atoms with van der Waals surface area (Å²) in [4.78, 5) is 12.0. The summed E-state index contributed by atoms with van der Waals surface area (Å²) in [6, 6.07) is 11.2. The molecule has 2 N–H and O–H groups in total. The minimum absolute atomic E-state index is 0.0229. The molecule has 0 saturated heterocycles. The summed E-state index contributed by atoms with van der Waals surface area (Å²) >= 11 is 5.66. The van der Waals surface area contributed by atoms with E-state index in [0.29, 0.717) is 11.3 Å². The van der Waals surface area contributed by atoms with E-state index in [1.54, 1.807) is 12.1 Å². The van der Waals surface area contributed by atoms with Gasteiger partial charge in [0.1, 0.15) is 5.82 Å². The second-order valence-electron chi connectivity index (χ2n) is 4.19. The number of anilines is 2. The van der Waals surface area contributed by atoms with Crippen molar-refractivity contribution in [1.29, 1.82) is 0 Å². The minimum atomic E-state index is -0.514. The fourth-order valence-electron chi connectivity index (χ4n) is 1.72. The molecule has 0 heterocycles. The third-order valence-corrected chi connectivity index (χ3v) is 3.00. The first-order valence-corrected chi connectivity index (χ1v) is 6.58. The van der Waals surface area contributed by atoms with E-state index in [1.165, 1.54) is 18.2 Å². The molecule has 0 radical (unpaired) electrons. The highest BCUT2D eigenvalue weighted by Crippen LogP contribution is 2.20. The van der Waals surface area contributed by atoms with Crippen LogP contribution in [-0.4, -0.2) is 12.5 Å². The summed E-state index contributed by atoms with van der Waals surface area (Å²) in [6.45, 7) is 2.82. The summed E-state index contributed by atoms with van der Waals surface area (Å²) in [6.07, 6.45) is 0. The van der Waals surface area contributed by atoms with Gasteiger partial charge in [-0.2, -0.15) is 0 Å². The second-order valence-corrected chi connectivity index (χ2v) is 4.60. The molecule has 0 aliphatic heterocycles. The van der Waals surface area contributed by atoms with Gasteiger partial charge in [-0.3, -0.25) is 4.79 Å². The molecule has 0 aromatic heterocycles. The van der Waals surface area contributed by atoms with Crippen LogP contribution in [-0.2, 0) is 0 Å². The molecule has 0 saturated carbocycles. The van der Waals surface area contributed by atoms with Crippen molar-refractivity contribution in [2.24, 2.45) is 0 Å². The molecule has 2 aromatic carbocycles. The second kappa shape index (κ2) is 6.39. The zero-order chi connectivity index (χ0) is 14.5. The van der Waals surface area contributed by atoms with E-state index in [1.807, 2.05) is 19.1 Å². The minimum Gasteiger partial charge on any atom is -0.385 e. The van der Waals surface area contributed by atoms with Gasteiger partial charge in [0, 0.05) is 23.5 Å². The third-order valence-electron chi connectivity index (χ3n) is 2.71. The van der Waals surface area contributed by atoms with E-state index >= 15 is 0 Å². The zero-order valence-corrected chi connectivity index (χ0v) is 11.7. The average Bonchev–Trinajstić information content (AvgIpc) is 2.44. The van der Waals surface area contributed by atoms with Crippen LogP contribution >= 0.6 is 11.6 Å². The predicted molar refractivity (Wildman–Crippen MR) is 80.0 cm³/mol. The van der Waals surface area contributed by atoms with Crippen molar-refractivity contribution in [3.8, 4) is 0 Å². The number of halogens is 2. The molecule has 0 fully saturated rings. The SMILES string of the molecule is CCNc1ccc(C(=O)Nc2ccc(F)c(Cl)c2)cc1. The van der Waals surface area contributed by atoms with Gasteiger partial charge in [0.2, 0.25) is 0 Å². The van der Waals surface area contributed by atoms with Crippen molar-refractivity contribution in [2.45, 2.75) is 6.92 Å². The van der Waals surface area contributed by atoms with Crippen LogP contribution in [0.15, 0.2) is 42.5 Å². The molecule has 0 bridgehead atoms. The molecule has 104 valence electrons. The number of amides is 1. The molecular formula is C15H14ClFN2O. The van der Waals surface area contributed by atoms with Crippen LogP contribution in [0.2, 0.25) is 5.02 Å². The van der Waals surface area contributed by atoms with Crippen LogP contribution in [0.1, 0.15) is 17.3 Å². The Kier molecular flexibility index (Phi) is 4.58. The van der Waals surface area contributed by atoms with Crippen molar-refractivity contribution in [1.82, 2.24) is 0 Å². The Balaban J connectivity index is 2.09. The number of nitrogens with one attached hydrogen (secondary N) is 2. The lowest BCUT2D eigenvalue weighted by molar-refractivity contribution is 0.102. The van der Waals surface area contributed by atoms with Gasteiger partial charge >= 0.3 is 0 Å². The molecule has 20 heavy (non-hydrogen) atoms. The van der Waals surface area contributed by atoms with Crippen molar-refractivity contribution < 1.29 is 9.18 Å². The van der Waals surface area contributed by atoms with Gasteiger partial charge in [-0.15, -0.1) is 0 Å². The average molecular weight is 293 g/mol. The molecule has 0 atom stereocenters. The summed E-state index contributed by atoms with van der Waals surface area (Å²) in [5, 5.41) is 5.79. The van der Waals surface area contributed by atoms with E-state index in [4.69, 9.17) is 11.6 Å². The number of carbonyl (C=O) groups is 1. The number of benzene rings is 2. The fraction of sp³-hybridized carbons (Fsp3) is 0.133. The van der Waals surface area contributed by atoms with E-state index in [0.717, 1.165) is 12.2 Å². The summed E-state index contributed by atoms with van der Waals surface area (Å²) in [7, 11) is 0. The lowest BCUT2D eigenvalue weighted by atomic mass is 10.2. The van der Waals surface area contributed by atoms with Gasteiger partial charge in [-0.25, -0.2) is 4.39 Å². The first-order valence-electron chi connectivity index (χ1n) is 6.20. The van der Waals surface area contributed by atoms with Crippen LogP contribution in [0.3, 0.4) is 0 Å². The molecule has 1 amide bonds. The molecule has 0 spiro atoms. The molecule has 2 aromatic rings. The molecule has 3 nitrogen and oxygen atoms in total. The Morgan fingerprint density at radius 3 is 2.40 bits per heavy atom. The first-order chi connectivity index (χ1) is 9.60. The predicted octanol–water partition coefficient (Wildman–Crippen LogP) is 4.16. The Bertz CT molecular complexity index is 614. The Morgan fingerprint density at radius 2 is 1.80 bits per heavy atom. The Morgan fingerprint density at radius 1 is 1.15 bits per heavy atom. The summed E-state index contributed by atoms with van der Waals surface area (Å²) in [5.41, 5.74) is 1.93. The Labute approximate surface area is 121 Å². The highest BCUT2D eigenvalue weighted by atomic mass is 35.5. The maximum Gasteiger partial charge on any atom is 0.255 e. The first kappa shape index (κ1) is 14.3. The smallest absolute Gasteiger partial charge is 0.255 e. The van der Waals surface area contributed by atoms with Gasteiger partial charge in [0.15, 0.2) is 0 Å². The normalized spacial score (nSPS) is 10.2. The van der Waals surface area contributed by atoms with E-state index in [-0.39, 0.29) is 10.9 Å². The monoisotopic (exact) mass is 292 g/mol. The molecule has 2 rings (SSSR count). The van der Waals surface area contributed by atoms with Gasteiger partial charge in [0.25, 0.3) is 5.91 Å². The number of carbonyl (C=O) groups excluding carboxylic acids is 1. The highest BCUT2D eigenvalue weighted by molar-refractivity contribution is 6.31. The maximum absolute atomic E-state index is 13.0. The third kappa shape index (κ3) is 3.48. The van der Waals surface area contributed by atoms with Crippen molar-refractivity contribution >= 4 is 28.9 Å². The number of rotatable bonds is 4. The number of hydrogen-bond donors (Lipinski definition) is 2. The standard InChI is InChI=1S/C15H14ClFN2O/c1-2-18-11-5-3-10(4-6-11)15(20)19-12-7-8-14(17)13(16)9-12/h3-9,18H,2H2,1H3,(H,19,20). The van der Waals surface area contributed by atoms with Crippen LogP contribution in [0.25, 0.3) is 0 Å². The quantitative estimate of drug-likeness (QED) is 0.888. The van der Waals surface area contributed by atoms with E-state index in [9.17, 15) is 9.18 Å². The van der Waals surface area contributed by atoms with Gasteiger partial charge in [-0.05, 0) is 49.4 Å². The Hall–Kier alpha value is -2.07. The largest absolute Gasteiger partial charge is 0.385 e. The molecule has 0 aliphatic rings.